The summed E-state index contributed by atoms with van der Waals surface area (Å²) in [7, 11) is 3.38. The van der Waals surface area contributed by atoms with Gasteiger partial charge in [-0.05, 0) is 25.5 Å². The molecule has 0 spiro atoms. The van der Waals surface area contributed by atoms with Crippen LogP contribution in [0.5, 0.6) is 0 Å². The summed E-state index contributed by atoms with van der Waals surface area (Å²) in [6.45, 7) is 6.13. The van der Waals surface area contributed by atoms with Crippen molar-refractivity contribution < 1.29 is 14.6 Å². The third kappa shape index (κ3) is 4.49. The van der Waals surface area contributed by atoms with Gasteiger partial charge in [-0.15, -0.1) is 0 Å². The summed E-state index contributed by atoms with van der Waals surface area (Å²) in [5.41, 5.74) is 1.64. The molecule has 0 bridgehead atoms. The highest BCUT2D eigenvalue weighted by molar-refractivity contribution is 5.89. The molecule has 7 heteroatoms. The number of anilines is 1. The van der Waals surface area contributed by atoms with Gasteiger partial charge in [0.25, 0.3) is 0 Å². The maximum absolute atomic E-state index is 10.2. The fourth-order valence-corrected chi connectivity index (χ4v) is 3.05. The Morgan fingerprint density at radius 1 is 1.00 bits per heavy atom. The van der Waals surface area contributed by atoms with Crippen LogP contribution in [0.15, 0.2) is 36.5 Å². The van der Waals surface area contributed by atoms with Crippen molar-refractivity contribution in [1.29, 1.82) is 0 Å². The number of hydrogen-bond acceptors (Lipinski definition) is 6. The first-order valence-corrected chi connectivity index (χ1v) is 9.35. The monoisotopic (exact) mass is 384 g/mol. The minimum absolute atomic E-state index is 0.593. The van der Waals surface area contributed by atoms with Gasteiger partial charge >= 0.3 is 0 Å². The lowest BCUT2D eigenvalue weighted by atomic mass is 9.97. The Morgan fingerprint density at radius 2 is 1.64 bits per heavy atom. The molecule has 0 aliphatic heterocycles. The van der Waals surface area contributed by atoms with Gasteiger partial charge in [-0.2, -0.15) is 0 Å². The van der Waals surface area contributed by atoms with Crippen LogP contribution in [0.4, 0.5) is 5.82 Å². The summed E-state index contributed by atoms with van der Waals surface area (Å²) in [5.74, 6) is 1.48. The first kappa shape index (κ1) is 20.3. The fraction of sp³-hybridized carbons (Fsp3) is 0.429. The van der Waals surface area contributed by atoms with E-state index < -0.39 is 5.60 Å². The van der Waals surface area contributed by atoms with Crippen molar-refractivity contribution in [2.24, 2.45) is 0 Å². The predicted octanol–water partition coefficient (Wildman–Crippen LogP) is 2.95. The van der Waals surface area contributed by atoms with Crippen LogP contribution in [0.3, 0.4) is 0 Å². The zero-order valence-corrected chi connectivity index (χ0v) is 16.9. The van der Waals surface area contributed by atoms with Crippen LogP contribution in [0, 0.1) is 0 Å². The number of ether oxygens (including phenoxy) is 2. The van der Waals surface area contributed by atoms with E-state index in [4.69, 9.17) is 14.5 Å². The standard InChI is InChI=1S/C21H28N4O3/c1-21(2,26)16-7-5-15(6-8-16)18-23-19-17(9-10-22-19)20(24-18)25(11-13-27-3)12-14-28-4/h5-10,26H,11-14H2,1-4H3,(H,22,23,24). The number of fused-ring (bicyclic) bond motifs is 1. The first-order chi connectivity index (χ1) is 13.4. The molecule has 0 unspecified atom stereocenters. The van der Waals surface area contributed by atoms with Crippen LogP contribution in [-0.4, -0.2) is 60.6 Å². The number of H-pyrrole nitrogens is 1. The second kappa shape index (κ2) is 8.68. The van der Waals surface area contributed by atoms with E-state index in [-0.39, 0.29) is 0 Å². The molecule has 28 heavy (non-hydrogen) atoms. The average Bonchev–Trinajstić information content (AvgIpc) is 3.16. The van der Waals surface area contributed by atoms with E-state index in [1.165, 1.54) is 0 Å². The highest BCUT2D eigenvalue weighted by atomic mass is 16.5. The van der Waals surface area contributed by atoms with Crippen molar-refractivity contribution in [3.05, 3.63) is 42.1 Å². The molecular weight excluding hydrogens is 356 g/mol. The number of benzene rings is 1. The summed E-state index contributed by atoms with van der Waals surface area (Å²) in [5, 5.41) is 11.1. The summed E-state index contributed by atoms with van der Waals surface area (Å²) >= 11 is 0. The smallest absolute Gasteiger partial charge is 0.163 e. The number of rotatable bonds is 9. The average molecular weight is 384 g/mol. The van der Waals surface area contributed by atoms with Crippen molar-refractivity contribution in [2.45, 2.75) is 19.4 Å². The molecule has 0 radical (unpaired) electrons. The van der Waals surface area contributed by atoms with Crippen molar-refractivity contribution >= 4 is 16.9 Å². The molecule has 150 valence electrons. The molecule has 0 atom stereocenters. The van der Waals surface area contributed by atoms with Crippen LogP contribution in [0.1, 0.15) is 19.4 Å². The number of aromatic amines is 1. The van der Waals surface area contributed by atoms with Gasteiger partial charge in [-0.3, -0.25) is 0 Å². The molecule has 1 aromatic carbocycles. The molecule has 2 N–H and O–H groups in total. The Bertz CT molecular complexity index is 892. The number of aromatic nitrogens is 3. The molecule has 0 amide bonds. The zero-order valence-electron chi connectivity index (χ0n) is 16.9. The van der Waals surface area contributed by atoms with Gasteiger partial charge in [0, 0.05) is 39.1 Å². The van der Waals surface area contributed by atoms with Crippen molar-refractivity contribution in [1.82, 2.24) is 15.0 Å². The van der Waals surface area contributed by atoms with Gasteiger partial charge in [0.1, 0.15) is 11.5 Å². The molecule has 2 aromatic heterocycles. The first-order valence-electron chi connectivity index (χ1n) is 9.35. The molecule has 2 heterocycles. The van der Waals surface area contributed by atoms with Crippen LogP contribution in [-0.2, 0) is 15.1 Å². The lowest BCUT2D eigenvalue weighted by molar-refractivity contribution is 0.0786. The molecule has 0 aliphatic rings. The van der Waals surface area contributed by atoms with Crippen LogP contribution in [0.2, 0.25) is 0 Å². The van der Waals surface area contributed by atoms with Gasteiger partial charge in [0.2, 0.25) is 0 Å². The largest absolute Gasteiger partial charge is 0.386 e. The molecule has 0 saturated heterocycles. The van der Waals surface area contributed by atoms with E-state index in [9.17, 15) is 5.11 Å². The molecule has 3 aromatic rings. The second-order valence-electron chi connectivity index (χ2n) is 7.22. The molecule has 0 fully saturated rings. The maximum Gasteiger partial charge on any atom is 0.163 e. The fourth-order valence-electron chi connectivity index (χ4n) is 3.05. The number of aliphatic hydroxyl groups is 1. The molecule has 0 saturated carbocycles. The molecule has 3 rings (SSSR count). The summed E-state index contributed by atoms with van der Waals surface area (Å²) in [6, 6.07) is 9.68. The van der Waals surface area contributed by atoms with E-state index in [2.05, 4.69) is 14.9 Å². The van der Waals surface area contributed by atoms with Crippen molar-refractivity contribution in [3.8, 4) is 11.4 Å². The Kier molecular flexibility index (Phi) is 6.28. The minimum Gasteiger partial charge on any atom is -0.386 e. The Balaban J connectivity index is 2.02. The van der Waals surface area contributed by atoms with Gasteiger partial charge in [0.15, 0.2) is 5.82 Å². The topological polar surface area (TPSA) is 83.5 Å². The highest BCUT2D eigenvalue weighted by Gasteiger charge is 2.18. The lowest BCUT2D eigenvalue weighted by Gasteiger charge is -2.24. The summed E-state index contributed by atoms with van der Waals surface area (Å²) in [4.78, 5) is 14.9. The van der Waals surface area contributed by atoms with Crippen molar-refractivity contribution in [3.63, 3.8) is 0 Å². The summed E-state index contributed by atoms with van der Waals surface area (Å²) in [6.07, 6.45) is 1.87. The van der Waals surface area contributed by atoms with Gasteiger partial charge < -0.3 is 24.5 Å². The molecule has 7 nitrogen and oxygen atoms in total. The molecule has 0 aliphatic carbocycles. The Morgan fingerprint density at radius 3 is 2.21 bits per heavy atom. The van der Waals surface area contributed by atoms with Crippen LogP contribution >= 0.6 is 0 Å². The van der Waals surface area contributed by atoms with Crippen LogP contribution < -0.4 is 4.90 Å². The minimum atomic E-state index is -0.884. The van der Waals surface area contributed by atoms with Crippen LogP contribution in [0.25, 0.3) is 22.4 Å². The lowest BCUT2D eigenvalue weighted by Crippen LogP contribution is -2.31. The van der Waals surface area contributed by atoms with E-state index in [1.807, 2.05) is 36.5 Å². The third-order valence-corrected chi connectivity index (χ3v) is 4.68. The van der Waals surface area contributed by atoms with Gasteiger partial charge in [-0.25, -0.2) is 9.97 Å². The number of hydrogen-bond donors (Lipinski definition) is 2. The third-order valence-electron chi connectivity index (χ3n) is 4.68. The number of nitrogens with zero attached hydrogens (tertiary/aromatic N) is 3. The molecular formula is C21H28N4O3. The van der Waals surface area contributed by atoms with Gasteiger partial charge in [-0.1, -0.05) is 24.3 Å². The summed E-state index contributed by atoms with van der Waals surface area (Å²) < 4.78 is 10.5. The van der Waals surface area contributed by atoms with E-state index in [1.54, 1.807) is 28.1 Å². The Labute approximate surface area is 165 Å². The van der Waals surface area contributed by atoms with Crippen molar-refractivity contribution in [2.75, 3.05) is 45.4 Å². The maximum atomic E-state index is 10.2. The quantitative estimate of drug-likeness (QED) is 0.590. The van der Waals surface area contributed by atoms with Gasteiger partial charge in [0.05, 0.1) is 24.2 Å². The predicted molar refractivity (Wildman–Crippen MR) is 111 cm³/mol. The van der Waals surface area contributed by atoms with E-state index in [0.717, 1.165) is 28.0 Å². The second-order valence-corrected chi connectivity index (χ2v) is 7.22. The number of methoxy groups -OCH3 is 2. The van der Waals surface area contributed by atoms with E-state index in [0.29, 0.717) is 32.1 Å². The SMILES string of the molecule is COCCN(CCOC)c1nc(-c2ccc(C(C)(C)O)cc2)nc2[nH]ccc12. The Hall–Kier alpha value is -2.48. The zero-order chi connectivity index (χ0) is 20.1. The normalized spacial score (nSPS) is 11.9. The number of nitrogens with one attached hydrogen (secondary N) is 1. The van der Waals surface area contributed by atoms with E-state index >= 15 is 0 Å². The highest BCUT2D eigenvalue weighted by Crippen LogP contribution is 2.28.